The Balaban J connectivity index is 1.32. The highest BCUT2D eigenvalue weighted by molar-refractivity contribution is 6.35. The van der Waals surface area contributed by atoms with Gasteiger partial charge in [0.05, 0.1) is 16.0 Å². The van der Waals surface area contributed by atoms with Crippen LogP contribution in [0.4, 0.5) is 5.82 Å². The Kier molecular flexibility index (Phi) is 7.77. The highest BCUT2D eigenvalue weighted by Gasteiger charge is 2.24. The summed E-state index contributed by atoms with van der Waals surface area (Å²) in [5.41, 5.74) is 1.43. The third-order valence-electron chi connectivity index (χ3n) is 6.60. The van der Waals surface area contributed by atoms with Crippen LogP contribution in [0.1, 0.15) is 41.6 Å². The van der Waals surface area contributed by atoms with Crippen LogP contribution in [0.25, 0.3) is 11.0 Å². The number of unbranched alkanes of at least 4 members (excludes halogenated alkanes) is 1. The molecule has 1 aliphatic rings. The number of para-hydroxylation sites is 1. The molecule has 0 spiro atoms. The van der Waals surface area contributed by atoms with Crippen molar-refractivity contribution in [3.8, 4) is 11.5 Å². The molecule has 1 aliphatic heterocycles. The Bertz CT molecular complexity index is 1380. The lowest BCUT2D eigenvalue weighted by atomic mass is 10.0. The first-order valence-electron chi connectivity index (χ1n) is 12.4. The van der Waals surface area contributed by atoms with E-state index in [-0.39, 0.29) is 11.8 Å². The number of benzene rings is 2. The zero-order chi connectivity index (χ0) is 25.6. The molecule has 0 aliphatic carbocycles. The molecular weight excluding hydrogens is 490 g/mol. The molecule has 2 N–H and O–H groups in total. The number of nitrogens with one attached hydrogen (secondary N) is 2. The van der Waals surface area contributed by atoms with Crippen molar-refractivity contribution < 1.29 is 14.3 Å². The first kappa shape index (κ1) is 24.9. The molecule has 0 radical (unpaired) electrons. The van der Waals surface area contributed by atoms with Crippen molar-refractivity contribution in [2.24, 2.45) is 0 Å². The second-order valence-corrected chi connectivity index (χ2v) is 9.51. The number of ketones is 1. The average Bonchev–Trinajstić information content (AvgIpc) is 3.36. The molecule has 2 aromatic carbocycles. The maximum atomic E-state index is 13.6. The van der Waals surface area contributed by atoms with Gasteiger partial charge in [-0.1, -0.05) is 29.8 Å². The summed E-state index contributed by atoms with van der Waals surface area (Å²) in [5, 5.41) is 4.50. The molecule has 9 heteroatoms. The number of rotatable bonds is 10. The van der Waals surface area contributed by atoms with Gasteiger partial charge in [-0.3, -0.25) is 4.79 Å². The van der Waals surface area contributed by atoms with Crippen LogP contribution in [0.3, 0.4) is 0 Å². The molecule has 0 bridgehead atoms. The number of aldehydes is 1. The largest absolute Gasteiger partial charge is 0.457 e. The van der Waals surface area contributed by atoms with Gasteiger partial charge in [0.2, 0.25) is 0 Å². The minimum absolute atomic E-state index is 0.217. The van der Waals surface area contributed by atoms with Crippen LogP contribution < -0.4 is 10.1 Å². The Morgan fingerprint density at radius 2 is 1.92 bits per heavy atom. The fraction of sp³-hybridized carbons (Fsp3) is 0.286. The van der Waals surface area contributed by atoms with Crippen LogP contribution in [-0.2, 0) is 4.79 Å². The van der Waals surface area contributed by atoms with E-state index in [0.29, 0.717) is 50.9 Å². The van der Waals surface area contributed by atoms with E-state index in [0.717, 1.165) is 45.2 Å². The number of nitrogens with zero attached hydrogens (tertiary/aromatic N) is 3. The molecule has 1 saturated heterocycles. The zero-order valence-electron chi connectivity index (χ0n) is 20.3. The SMILES string of the molecule is O=CCCCN1CCC(Nc2ncnc3[nH]cc(C(=O)c4ccc(Oc5ccccc5)cc4Cl)c23)CC1. The predicted molar refractivity (Wildman–Crippen MR) is 144 cm³/mol. The second-order valence-electron chi connectivity index (χ2n) is 9.10. The predicted octanol–water partition coefficient (Wildman–Crippen LogP) is 5.49. The maximum absolute atomic E-state index is 13.6. The van der Waals surface area contributed by atoms with Gasteiger partial charge < -0.3 is 24.7 Å². The molecule has 4 aromatic rings. The van der Waals surface area contributed by atoms with E-state index >= 15 is 0 Å². The van der Waals surface area contributed by atoms with E-state index in [2.05, 4.69) is 25.2 Å². The highest BCUT2D eigenvalue weighted by atomic mass is 35.5. The number of halogens is 1. The van der Waals surface area contributed by atoms with E-state index < -0.39 is 0 Å². The standard InChI is InChI=1S/C28H28ClN5O3/c29-24-16-21(37-20-6-2-1-3-7-20)8-9-22(24)26(36)23-17-30-27-25(23)28(32-18-31-27)33-19-10-13-34(14-11-19)12-4-5-15-35/h1-3,6-9,15-19H,4-5,10-14H2,(H2,30,31,32,33). The number of fused-ring (bicyclic) bond motifs is 1. The van der Waals surface area contributed by atoms with Gasteiger partial charge in [-0.2, -0.15) is 0 Å². The van der Waals surface area contributed by atoms with Gasteiger partial charge >= 0.3 is 0 Å². The van der Waals surface area contributed by atoms with Crippen molar-refractivity contribution in [3.05, 3.63) is 77.2 Å². The Morgan fingerprint density at radius 3 is 2.68 bits per heavy atom. The Labute approximate surface area is 220 Å². The molecular formula is C28H28ClN5O3. The normalized spacial score (nSPS) is 14.5. The average molecular weight is 518 g/mol. The van der Waals surface area contributed by atoms with Gasteiger partial charge in [-0.25, -0.2) is 9.97 Å². The van der Waals surface area contributed by atoms with E-state index in [4.69, 9.17) is 16.3 Å². The van der Waals surface area contributed by atoms with Gasteiger partial charge in [-0.15, -0.1) is 0 Å². The first-order chi connectivity index (χ1) is 18.1. The summed E-state index contributed by atoms with van der Waals surface area (Å²) < 4.78 is 5.84. The maximum Gasteiger partial charge on any atom is 0.196 e. The van der Waals surface area contributed by atoms with Crippen molar-refractivity contribution >= 4 is 40.5 Å². The van der Waals surface area contributed by atoms with Crippen molar-refractivity contribution in [2.45, 2.75) is 31.7 Å². The number of carbonyl (C=O) groups excluding carboxylic acids is 2. The van der Waals surface area contributed by atoms with Crippen molar-refractivity contribution in [1.82, 2.24) is 19.9 Å². The van der Waals surface area contributed by atoms with Crippen molar-refractivity contribution in [1.29, 1.82) is 0 Å². The number of piperidine rings is 1. The molecule has 8 nitrogen and oxygen atoms in total. The summed E-state index contributed by atoms with van der Waals surface area (Å²) in [6.07, 6.45) is 7.54. The number of ether oxygens (including phenoxy) is 1. The van der Waals surface area contributed by atoms with Crippen molar-refractivity contribution in [3.63, 3.8) is 0 Å². The second kappa shape index (κ2) is 11.5. The molecule has 37 heavy (non-hydrogen) atoms. The smallest absolute Gasteiger partial charge is 0.196 e. The molecule has 0 unspecified atom stereocenters. The molecule has 0 amide bonds. The summed E-state index contributed by atoms with van der Waals surface area (Å²) in [6, 6.07) is 14.7. The molecule has 2 aromatic heterocycles. The van der Waals surface area contributed by atoms with Gasteiger partial charge in [0, 0.05) is 43.4 Å². The molecule has 0 atom stereocenters. The number of hydrogen-bond acceptors (Lipinski definition) is 7. The number of aromatic amines is 1. The zero-order valence-corrected chi connectivity index (χ0v) is 21.1. The van der Waals surface area contributed by atoms with Crippen LogP contribution in [0.2, 0.25) is 5.02 Å². The fourth-order valence-electron chi connectivity index (χ4n) is 4.66. The number of carbonyl (C=O) groups is 2. The fourth-order valence-corrected chi connectivity index (χ4v) is 4.91. The number of anilines is 1. The lowest BCUT2D eigenvalue weighted by Crippen LogP contribution is -2.39. The van der Waals surface area contributed by atoms with E-state index in [1.54, 1.807) is 24.4 Å². The summed E-state index contributed by atoms with van der Waals surface area (Å²) in [4.78, 5) is 38.4. The van der Waals surface area contributed by atoms with Crippen LogP contribution in [-0.4, -0.2) is 57.6 Å². The van der Waals surface area contributed by atoms with Crippen LogP contribution in [0.5, 0.6) is 11.5 Å². The summed E-state index contributed by atoms with van der Waals surface area (Å²) in [6.45, 7) is 2.85. The monoisotopic (exact) mass is 517 g/mol. The quantitative estimate of drug-likeness (QED) is 0.163. The number of hydrogen-bond donors (Lipinski definition) is 2. The minimum atomic E-state index is -0.217. The van der Waals surface area contributed by atoms with Crippen LogP contribution >= 0.6 is 11.6 Å². The lowest BCUT2D eigenvalue weighted by Gasteiger charge is -2.32. The number of H-pyrrole nitrogens is 1. The minimum Gasteiger partial charge on any atom is -0.457 e. The lowest BCUT2D eigenvalue weighted by molar-refractivity contribution is -0.108. The van der Waals surface area contributed by atoms with Gasteiger partial charge in [0.1, 0.15) is 35.6 Å². The van der Waals surface area contributed by atoms with Gasteiger partial charge in [0.15, 0.2) is 5.78 Å². The van der Waals surface area contributed by atoms with Crippen LogP contribution in [0, 0.1) is 0 Å². The van der Waals surface area contributed by atoms with Crippen molar-refractivity contribution in [2.75, 3.05) is 25.0 Å². The molecule has 5 rings (SSSR count). The van der Waals surface area contributed by atoms with E-state index in [9.17, 15) is 9.59 Å². The summed E-state index contributed by atoms with van der Waals surface area (Å²) in [7, 11) is 0. The van der Waals surface area contributed by atoms with E-state index in [1.807, 2.05) is 30.3 Å². The molecule has 1 fully saturated rings. The number of likely N-dealkylation sites (tertiary alicyclic amines) is 1. The Hall–Kier alpha value is -3.75. The van der Waals surface area contributed by atoms with Crippen LogP contribution in [0.15, 0.2) is 61.1 Å². The number of aromatic nitrogens is 3. The topological polar surface area (TPSA) is 100 Å². The summed E-state index contributed by atoms with van der Waals surface area (Å²) in [5.74, 6) is 1.66. The first-order valence-corrected chi connectivity index (χ1v) is 12.8. The molecule has 190 valence electrons. The van der Waals surface area contributed by atoms with Gasteiger partial charge in [0.25, 0.3) is 0 Å². The molecule has 0 saturated carbocycles. The third-order valence-corrected chi connectivity index (χ3v) is 6.92. The molecule has 3 heterocycles. The highest BCUT2D eigenvalue weighted by Crippen LogP contribution is 2.32. The van der Waals surface area contributed by atoms with E-state index in [1.165, 1.54) is 6.33 Å². The summed E-state index contributed by atoms with van der Waals surface area (Å²) >= 11 is 6.53. The third kappa shape index (κ3) is 5.81. The Morgan fingerprint density at radius 1 is 1.11 bits per heavy atom. The van der Waals surface area contributed by atoms with Gasteiger partial charge in [-0.05, 0) is 50.1 Å².